The van der Waals surface area contributed by atoms with E-state index in [0.717, 1.165) is 88.8 Å². The quantitative estimate of drug-likeness (QED) is 0.0563. The highest BCUT2D eigenvalue weighted by Gasteiger charge is 2.64. The van der Waals surface area contributed by atoms with E-state index in [9.17, 15) is 29.4 Å². The third-order valence-electron chi connectivity index (χ3n) is 24.9. The summed E-state index contributed by atoms with van der Waals surface area (Å²) in [4.78, 5) is 75.8. The Bertz CT molecular complexity index is 6180. The summed E-state index contributed by atoms with van der Waals surface area (Å²) in [7, 11) is 0. The average molecular weight is 1650 g/mol. The van der Waals surface area contributed by atoms with E-state index in [0.29, 0.717) is 74.0 Å². The number of para-hydroxylation sites is 1. The van der Waals surface area contributed by atoms with Crippen molar-refractivity contribution in [3.05, 3.63) is 185 Å². The highest BCUT2D eigenvalue weighted by Crippen LogP contribution is 2.65. The van der Waals surface area contributed by atoms with Gasteiger partial charge in [-0.15, -0.1) is 0 Å². The highest BCUT2D eigenvalue weighted by atomic mass is 35.5. The molecule has 8 atom stereocenters. The van der Waals surface area contributed by atoms with E-state index in [4.69, 9.17) is 105 Å². The fraction of sp³-hybridized carbons (Fsp3) is 0.349. The summed E-state index contributed by atoms with van der Waals surface area (Å²) < 4.78 is 45.2. The number of halogens is 5. The van der Waals surface area contributed by atoms with Gasteiger partial charge in [0.05, 0.1) is 22.2 Å². The van der Waals surface area contributed by atoms with Gasteiger partial charge in [0.1, 0.15) is 68.0 Å². The van der Waals surface area contributed by atoms with Crippen molar-refractivity contribution in [1.82, 2.24) is 50.3 Å². The molecule has 6 aromatic carbocycles. The first-order valence-corrected chi connectivity index (χ1v) is 40.9. The lowest BCUT2D eigenvalue weighted by atomic mass is 9.72. The molecule has 20 rings (SSSR count). The van der Waals surface area contributed by atoms with E-state index in [1.807, 2.05) is 136 Å². The summed E-state index contributed by atoms with van der Waals surface area (Å²) in [6.45, 7) is 19.9. The monoisotopic (exact) mass is 1650 g/mol. The minimum atomic E-state index is -1.65. The smallest absolute Gasteiger partial charge is 0.252 e. The van der Waals surface area contributed by atoms with Gasteiger partial charge in [-0.3, -0.25) is 19.2 Å². The molecular formula is C86H79Cl5N12O12. The number of hydrogen-bond donors (Lipinski definition) is 8. The molecule has 20 bridgehead atoms. The molecule has 14 heterocycles. The van der Waals surface area contributed by atoms with Crippen molar-refractivity contribution >= 4 is 115 Å². The number of carbonyl (C=O) groups excluding carboxylic acids is 4. The third-order valence-corrected chi connectivity index (χ3v) is 26.4. The molecule has 8 aliphatic rings. The third kappa shape index (κ3) is 10.6. The van der Waals surface area contributed by atoms with Gasteiger partial charge in [-0.25, -0.2) is 9.97 Å². The second-order valence-corrected chi connectivity index (χ2v) is 33.4. The van der Waals surface area contributed by atoms with Gasteiger partial charge >= 0.3 is 0 Å². The predicted molar refractivity (Wildman–Crippen MR) is 436 cm³/mol. The number of benzene rings is 6. The minimum Gasteiger partial charge on any atom is -0.469 e. The van der Waals surface area contributed by atoms with Crippen LogP contribution in [-0.2, 0) is 55.9 Å². The molecule has 590 valence electrons. The minimum absolute atomic E-state index is 0.0806. The van der Waals surface area contributed by atoms with Crippen LogP contribution in [0, 0.1) is 11.8 Å². The summed E-state index contributed by atoms with van der Waals surface area (Å²) in [5, 5.41) is 45.1. The topological polar surface area (TPSA) is 313 Å². The molecule has 0 aliphatic carbocycles. The maximum Gasteiger partial charge on any atom is 0.252 e. The van der Waals surface area contributed by atoms with Gasteiger partial charge in [-0.05, 0) is 110 Å². The second kappa shape index (κ2) is 26.9. The van der Waals surface area contributed by atoms with Crippen LogP contribution in [-0.4, -0.2) is 98.7 Å². The maximum absolute atomic E-state index is 14.4. The molecule has 2 unspecified atom stereocenters. The van der Waals surface area contributed by atoms with Crippen LogP contribution < -0.4 is 41.4 Å². The Hall–Kier alpha value is -10.3. The standard InChI is InChI=1S/C43H39Cl3N6O6.C43H40Cl2N6O6/c1-6-42(55,7-2)40(54)47-25-15-19-12-13-27-23(14-19)43-24-17-20(44)16-22(31(24)50-41(43)56-27)21-10-9-11-26-28(21)29(36(46)52(26)8-3)33-35(45)51-39(57-33)32-34(43)58-38(49-32)30(18(4)5)48-37(25)53;1-6-42(54,7-2)40(53)46-25-18-20-15-16-27-24(17-20)43-23-13-9-12-22(31(23)49-41(43)55-27)21-11-10-14-26-28(21)29(36(45)51(26)8-3)33-35(44)50-39(56-33)32-34(43)57-38(48-32)30(19(4)5)47-37(25)52/h9-14,16-18,25,30,41,50,55H,6-8,15H2,1-5H3,(H,47,54)(H,48,53);9-17,19,25,30,41,49,54H,6-8,18H2,1-5H3,(H,46,53)(H,47,52)/t25-,30-,41?,43+;25-,30-,41?,43-/m00/s1. The lowest BCUT2D eigenvalue weighted by Crippen LogP contribution is -2.55. The first-order valence-electron chi connectivity index (χ1n) is 39.0. The number of oxazole rings is 4. The Morgan fingerprint density at radius 2 is 0.948 bits per heavy atom. The zero-order valence-electron chi connectivity index (χ0n) is 64.1. The van der Waals surface area contributed by atoms with E-state index in [-0.39, 0.29) is 95.7 Å². The molecule has 29 heteroatoms. The van der Waals surface area contributed by atoms with Gasteiger partial charge in [0.15, 0.2) is 57.2 Å². The van der Waals surface area contributed by atoms with Crippen LogP contribution in [0.1, 0.15) is 164 Å². The molecular weight excluding hydrogens is 1570 g/mol. The molecule has 0 fully saturated rings. The van der Waals surface area contributed by atoms with Crippen LogP contribution in [0.25, 0.3) is 89.9 Å². The van der Waals surface area contributed by atoms with Crippen molar-refractivity contribution in [3.63, 3.8) is 0 Å². The molecule has 0 saturated heterocycles. The van der Waals surface area contributed by atoms with Gasteiger partial charge in [0.2, 0.25) is 23.6 Å². The molecule has 0 saturated carbocycles. The molecule has 8 N–H and O–H groups in total. The van der Waals surface area contributed by atoms with Crippen LogP contribution >= 0.6 is 58.0 Å². The van der Waals surface area contributed by atoms with Gasteiger partial charge in [0.25, 0.3) is 23.6 Å². The SMILES string of the molecule is CCn1c(Cl)c2c3c(cccc31)-c1cc(Cl)cc3c1NC1Oc4ccc5cc4[C@]31c1oc(nc1-c1nc(Cl)c-2o1)[C@H](C(C)C)NC(=O)[C@@H](NC(=O)C(O)(CC)CC)C5.CCn1c(Cl)c2c3c(cccc31)-c1cccc3c1NC1Oc4ccc5cc4[C@]31c1oc(nc1-c1nc(Cl)c-2o1)[C@H](C(C)C)NC(=O)[C@@H](NC(=O)C(O)(CC)CC)C5. The number of aromatic nitrogens is 6. The van der Waals surface area contributed by atoms with Crippen molar-refractivity contribution in [2.24, 2.45) is 11.8 Å². The number of ether oxygens (including phenoxy) is 2. The van der Waals surface area contributed by atoms with E-state index < -0.39 is 82.3 Å². The lowest BCUT2D eigenvalue weighted by molar-refractivity contribution is -0.143. The van der Waals surface area contributed by atoms with Crippen LogP contribution in [0.3, 0.4) is 0 Å². The number of rotatable bonds is 12. The van der Waals surface area contributed by atoms with E-state index in [1.54, 1.807) is 27.7 Å². The largest absolute Gasteiger partial charge is 0.469 e. The first kappa shape index (κ1) is 74.8. The number of fused-ring (bicyclic) bond motifs is 14. The van der Waals surface area contributed by atoms with Gasteiger partial charge in [-0.2, -0.15) is 9.97 Å². The summed E-state index contributed by atoms with van der Waals surface area (Å²) in [6.07, 6.45) is -0.502. The zero-order chi connectivity index (χ0) is 80.3. The molecule has 115 heavy (non-hydrogen) atoms. The van der Waals surface area contributed by atoms with Crippen LogP contribution in [0.4, 0.5) is 11.4 Å². The average Bonchev–Trinajstić information content (AvgIpc) is 1.51. The fourth-order valence-electron chi connectivity index (χ4n) is 18.6. The van der Waals surface area contributed by atoms with Gasteiger partial charge in [-0.1, -0.05) is 180 Å². The van der Waals surface area contributed by atoms with E-state index in [1.165, 1.54) is 0 Å². The molecule has 6 aromatic heterocycles. The normalized spacial score (nSPS) is 21.3. The Labute approximate surface area is 684 Å². The number of nitrogens with one attached hydrogen (secondary N) is 6. The predicted octanol–water partition coefficient (Wildman–Crippen LogP) is 16.9. The fourth-order valence-corrected chi connectivity index (χ4v) is 20.0. The Balaban J connectivity index is 0.000000154. The van der Waals surface area contributed by atoms with Crippen LogP contribution in [0.15, 0.2) is 121 Å². The van der Waals surface area contributed by atoms with Crippen molar-refractivity contribution in [2.75, 3.05) is 10.6 Å². The Morgan fingerprint density at radius 3 is 1.39 bits per heavy atom. The number of anilines is 2. The summed E-state index contributed by atoms with van der Waals surface area (Å²) in [5.74, 6) is 0.442. The number of hydrogen-bond acceptors (Lipinski definition) is 18. The maximum atomic E-state index is 14.4. The molecule has 4 amide bonds. The van der Waals surface area contributed by atoms with Crippen LogP contribution in [0.5, 0.6) is 11.5 Å². The van der Waals surface area contributed by atoms with Gasteiger partial charge in [0, 0.05) is 86.5 Å². The first-order chi connectivity index (χ1) is 55.2. The zero-order valence-corrected chi connectivity index (χ0v) is 67.9. The number of aryl methyl sites for hydroxylation is 2. The second-order valence-electron chi connectivity index (χ2n) is 31.5. The number of aliphatic hydroxyl groups is 2. The molecule has 0 radical (unpaired) electrons. The number of amides is 4. The van der Waals surface area contributed by atoms with Crippen molar-refractivity contribution in [2.45, 2.75) is 180 Å². The molecule has 8 aliphatic heterocycles. The van der Waals surface area contributed by atoms with Crippen LogP contribution in [0.2, 0.25) is 25.6 Å². The van der Waals surface area contributed by atoms with E-state index in [2.05, 4.69) is 50.1 Å². The Kier molecular flexibility index (Phi) is 17.5. The number of nitrogens with zero attached hydrogens (tertiary/aromatic N) is 6. The number of carbonyl (C=O) groups is 4. The molecule has 24 nitrogen and oxygen atoms in total. The van der Waals surface area contributed by atoms with Crippen molar-refractivity contribution in [1.29, 1.82) is 0 Å². The van der Waals surface area contributed by atoms with Gasteiger partial charge < -0.3 is 78.4 Å². The summed E-state index contributed by atoms with van der Waals surface area (Å²) in [5.41, 5.74) is 7.53. The summed E-state index contributed by atoms with van der Waals surface area (Å²) in [6, 6.07) is 30.0. The van der Waals surface area contributed by atoms with Crippen molar-refractivity contribution in [3.8, 4) is 79.6 Å². The molecule has 12 aromatic rings. The highest BCUT2D eigenvalue weighted by molar-refractivity contribution is 6.39. The lowest BCUT2D eigenvalue weighted by Gasteiger charge is -2.30. The Morgan fingerprint density at radius 1 is 0.522 bits per heavy atom. The molecule has 2 spiro atoms. The summed E-state index contributed by atoms with van der Waals surface area (Å²) >= 11 is 35.8. The van der Waals surface area contributed by atoms with Crippen molar-refractivity contribution < 1.29 is 56.5 Å². The van der Waals surface area contributed by atoms with E-state index >= 15 is 0 Å².